The fourth-order valence-electron chi connectivity index (χ4n) is 3.90. The Morgan fingerprint density at radius 2 is 2.03 bits per heavy atom. The molecule has 198 valence electrons. The standard InChI is InChI=1S/C28H28N2O6S2/c1-28(38(2,35)36,17-29-26(34)21-9-5-6-10-23(21)32)15-24(33)27-30-22-12-11-18(13-25(22)37-27)7-3-4-8-19-14-20(19)16-31/h5-6,9-13,19-20,24,31-33H,14-17H2,1-2H3,(H,29,34)/t19-,20+,24+,28+/m0/s1. The van der Waals surface area contributed by atoms with Gasteiger partial charge in [0.1, 0.15) is 16.9 Å². The van der Waals surface area contributed by atoms with E-state index in [1.54, 1.807) is 24.3 Å². The van der Waals surface area contributed by atoms with E-state index >= 15 is 0 Å². The fourth-order valence-corrected chi connectivity index (χ4v) is 5.69. The number of phenolic OH excluding ortho intramolecular Hbond substituents is 1. The zero-order chi connectivity index (χ0) is 27.5. The highest BCUT2D eigenvalue weighted by Crippen LogP contribution is 2.37. The highest BCUT2D eigenvalue weighted by atomic mass is 32.2. The summed E-state index contributed by atoms with van der Waals surface area (Å²) in [7, 11) is -3.72. The van der Waals surface area contributed by atoms with Gasteiger partial charge in [-0.3, -0.25) is 4.79 Å². The number of nitrogens with one attached hydrogen (secondary N) is 1. The second-order valence-corrected chi connectivity index (χ2v) is 13.3. The zero-order valence-electron chi connectivity index (χ0n) is 20.9. The quantitative estimate of drug-likeness (QED) is 0.315. The van der Waals surface area contributed by atoms with Crippen LogP contribution < -0.4 is 5.32 Å². The van der Waals surface area contributed by atoms with Gasteiger partial charge in [-0.2, -0.15) is 0 Å². The summed E-state index contributed by atoms with van der Waals surface area (Å²) < 4.78 is 24.7. The molecular formula is C28H28N2O6S2. The van der Waals surface area contributed by atoms with E-state index in [9.17, 15) is 23.4 Å². The summed E-state index contributed by atoms with van der Waals surface area (Å²) in [5.41, 5.74) is 1.42. The van der Waals surface area contributed by atoms with Crippen LogP contribution in [0.1, 0.15) is 46.8 Å². The van der Waals surface area contributed by atoms with E-state index in [-0.39, 0.29) is 42.7 Å². The molecule has 4 atom stereocenters. The first kappa shape index (κ1) is 27.6. The molecule has 1 aliphatic carbocycles. The van der Waals surface area contributed by atoms with Crippen molar-refractivity contribution < 1.29 is 28.5 Å². The van der Waals surface area contributed by atoms with Gasteiger partial charge in [-0.05, 0) is 61.4 Å². The van der Waals surface area contributed by atoms with E-state index in [1.165, 1.54) is 30.4 Å². The average Bonchev–Trinajstić information content (AvgIpc) is 3.50. The number of carbonyl (C=O) groups excluding carboxylic acids is 1. The van der Waals surface area contributed by atoms with E-state index in [2.05, 4.69) is 34.0 Å². The van der Waals surface area contributed by atoms with Crippen LogP contribution in [0.4, 0.5) is 0 Å². The molecule has 4 rings (SSSR count). The Morgan fingerprint density at radius 3 is 2.71 bits per heavy atom. The predicted octanol–water partition coefficient (Wildman–Crippen LogP) is 2.64. The van der Waals surface area contributed by atoms with E-state index in [0.717, 1.165) is 22.9 Å². The number of amides is 1. The Kier molecular flexibility index (Phi) is 8.10. The lowest BCUT2D eigenvalue weighted by molar-refractivity contribution is 0.0938. The van der Waals surface area contributed by atoms with Gasteiger partial charge >= 0.3 is 0 Å². The van der Waals surface area contributed by atoms with Gasteiger partial charge in [-0.15, -0.1) is 11.3 Å². The van der Waals surface area contributed by atoms with Gasteiger partial charge in [0.25, 0.3) is 5.91 Å². The van der Waals surface area contributed by atoms with Crippen LogP contribution in [0.5, 0.6) is 5.75 Å². The minimum Gasteiger partial charge on any atom is -0.507 e. The molecule has 38 heavy (non-hydrogen) atoms. The summed E-state index contributed by atoms with van der Waals surface area (Å²) in [4.78, 5) is 17.0. The van der Waals surface area contributed by atoms with E-state index in [4.69, 9.17) is 5.11 Å². The van der Waals surface area contributed by atoms with Crippen LogP contribution in [-0.2, 0) is 9.84 Å². The fraction of sp³-hybridized carbons (Fsp3) is 0.357. The Morgan fingerprint density at radius 1 is 1.26 bits per heavy atom. The molecule has 1 heterocycles. The molecular weight excluding hydrogens is 524 g/mol. The first-order valence-electron chi connectivity index (χ1n) is 12.0. The molecule has 3 aromatic rings. The largest absolute Gasteiger partial charge is 0.507 e. The van der Waals surface area contributed by atoms with Gasteiger partial charge in [0, 0.05) is 37.3 Å². The molecule has 10 heteroatoms. The normalized spacial score (nSPS) is 18.8. The summed E-state index contributed by atoms with van der Waals surface area (Å²) in [6.07, 6.45) is 0.591. The number of aromatic nitrogens is 1. The highest BCUT2D eigenvalue weighted by molar-refractivity contribution is 7.92. The first-order valence-corrected chi connectivity index (χ1v) is 14.7. The molecule has 0 unspecified atom stereocenters. The number of hydrogen-bond acceptors (Lipinski definition) is 8. The zero-order valence-corrected chi connectivity index (χ0v) is 22.6. The van der Waals surface area contributed by atoms with Crippen LogP contribution in [-0.4, -0.2) is 58.8 Å². The number of hydrogen-bond donors (Lipinski definition) is 4. The molecule has 0 saturated heterocycles. The number of benzene rings is 2. The maximum absolute atomic E-state index is 12.7. The topological polar surface area (TPSA) is 137 Å². The van der Waals surface area contributed by atoms with E-state index < -0.39 is 26.6 Å². The van der Waals surface area contributed by atoms with Crippen LogP contribution in [0.3, 0.4) is 0 Å². The predicted molar refractivity (Wildman–Crippen MR) is 146 cm³/mol. The van der Waals surface area contributed by atoms with Crippen LogP contribution in [0, 0.1) is 35.5 Å². The van der Waals surface area contributed by atoms with Crippen LogP contribution in [0.25, 0.3) is 10.2 Å². The summed E-state index contributed by atoms with van der Waals surface area (Å²) >= 11 is 1.24. The molecule has 0 radical (unpaired) electrons. The third kappa shape index (κ3) is 6.35. The summed E-state index contributed by atoms with van der Waals surface area (Å²) in [5, 5.41) is 32.9. The van der Waals surface area contributed by atoms with Gasteiger partial charge in [0.2, 0.25) is 0 Å². The van der Waals surface area contributed by atoms with Gasteiger partial charge in [0.05, 0.1) is 20.5 Å². The molecule has 1 saturated carbocycles. The van der Waals surface area contributed by atoms with Crippen molar-refractivity contribution in [1.29, 1.82) is 0 Å². The maximum atomic E-state index is 12.7. The third-order valence-corrected chi connectivity index (χ3v) is 9.89. The molecule has 1 aliphatic rings. The summed E-state index contributed by atoms with van der Waals surface area (Å²) in [6.45, 7) is 1.35. The number of phenols is 1. The van der Waals surface area contributed by atoms with Crippen LogP contribution in [0.2, 0.25) is 0 Å². The lowest BCUT2D eigenvalue weighted by Gasteiger charge is -2.29. The Hall–Kier alpha value is -3.41. The molecule has 0 aliphatic heterocycles. The average molecular weight is 553 g/mol. The van der Waals surface area contributed by atoms with Crippen molar-refractivity contribution in [3.8, 4) is 29.4 Å². The lowest BCUT2D eigenvalue weighted by atomic mass is 10.0. The number of rotatable bonds is 8. The second-order valence-electron chi connectivity index (χ2n) is 9.68. The van der Waals surface area contributed by atoms with Crippen molar-refractivity contribution in [2.24, 2.45) is 11.8 Å². The number of para-hydroxylation sites is 1. The lowest BCUT2D eigenvalue weighted by Crippen LogP contribution is -2.47. The maximum Gasteiger partial charge on any atom is 0.255 e. The number of sulfone groups is 1. The second kappa shape index (κ2) is 11.1. The number of fused-ring (bicyclic) bond motifs is 1. The third-order valence-electron chi connectivity index (χ3n) is 6.67. The van der Waals surface area contributed by atoms with Crippen molar-refractivity contribution in [3.63, 3.8) is 0 Å². The number of thiazole rings is 1. The molecule has 0 bridgehead atoms. The summed E-state index contributed by atoms with van der Waals surface area (Å²) in [5.74, 6) is 11.3. The van der Waals surface area contributed by atoms with Gasteiger partial charge in [-0.1, -0.05) is 24.0 Å². The Bertz CT molecular complexity index is 1590. The van der Waals surface area contributed by atoms with Crippen molar-refractivity contribution >= 4 is 37.3 Å². The number of nitrogens with zero attached hydrogens (tertiary/aromatic N) is 1. The first-order chi connectivity index (χ1) is 18.0. The molecule has 2 aromatic carbocycles. The van der Waals surface area contributed by atoms with Gasteiger partial charge in [0.15, 0.2) is 9.84 Å². The minimum absolute atomic E-state index is 0.0295. The Balaban J connectivity index is 1.47. The van der Waals surface area contributed by atoms with Crippen molar-refractivity contribution in [3.05, 3.63) is 58.6 Å². The minimum atomic E-state index is -3.72. The number of aromatic hydroxyl groups is 1. The van der Waals surface area contributed by atoms with E-state index in [0.29, 0.717) is 10.5 Å². The van der Waals surface area contributed by atoms with Crippen molar-refractivity contribution in [1.82, 2.24) is 10.3 Å². The molecule has 1 aromatic heterocycles. The van der Waals surface area contributed by atoms with Crippen molar-refractivity contribution in [2.75, 3.05) is 19.4 Å². The molecule has 8 nitrogen and oxygen atoms in total. The van der Waals surface area contributed by atoms with Crippen LogP contribution >= 0.6 is 11.3 Å². The summed E-state index contributed by atoms with van der Waals surface area (Å²) in [6, 6.07) is 11.4. The Labute approximate surface area is 225 Å². The SMILES string of the molecule is C[C@](CNC(=O)c1ccccc1O)(C[C@@H](O)c1nc2ccc(C#CC#C[C@H]3C[C@@H]3CO)cc2s1)S(C)(=O)=O. The van der Waals surface area contributed by atoms with Gasteiger partial charge in [-0.25, -0.2) is 13.4 Å². The number of aliphatic hydroxyl groups is 2. The van der Waals surface area contributed by atoms with E-state index in [1.807, 2.05) is 6.07 Å². The number of carbonyl (C=O) groups is 1. The molecule has 1 amide bonds. The number of aliphatic hydroxyl groups excluding tert-OH is 2. The molecule has 1 fully saturated rings. The molecule has 0 spiro atoms. The van der Waals surface area contributed by atoms with Crippen LogP contribution in [0.15, 0.2) is 42.5 Å². The monoisotopic (exact) mass is 552 g/mol. The van der Waals surface area contributed by atoms with Crippen molar-refractivity contribution in [2.45, 2.75) is 30.6 Å². The smallest absolute Gasteiger partial charge is 0.255 e. The highest BCUT2D eigenvalue weighted by Gasteiger charge is 2.39. The van der Waals surface area contributed by atoms with Gasteiger partial charge < -0.3 is 20.6 Å². The molecule has 4 N–H and O–H groups in total.